The number of carbonyl (C=O) groups excluding carboxylic acids is 2. The molecular formula is C20H24N6O2. The highest BCUT2D eigenvalue weighted by Gasteiger charge is 2.27. The Bertz CT molecular complexity index is 908. The minimum absolute atomic E-state index is 0.245. The van der Waals surface area contributed by atoms with Gasteiger partial charge in [0.2, 0.25) is 0 Å². The SMILES string of the molecule is CN(C)CCNC(=O)c1nc(C(=O)Nc2ccc(C#N)cc2)n2c1CCCC2. The number of nitrogens with zero attached hydrogens (tertiary/aromatic N) is 4. The fourth-order valence-corrected chi connectivity index (χ4v) is 3.19. The number of nitriles is 1. The molecule has 0 saturated heterocycles. The minimum atomic E-state index is -0.361. The molecule has 1 aromatic carbocycles. The average Bonchev–Trinajstić information content (AvgIpc) is 3.08. The number of hydrogen-bond donors (Lipinski definition) is 2. The monoisotopic (exact) mass is 380 g/mol. The molecule has 2 amide bonds. The van der Waals surface area contributed by atoms with Gasteiger partial charge in [-0.05, 0) is 57.6 Å². The van der Waals surface area contributed by atoms with Crippen LogP contribution >= 0.6 is 0 Å². The van der Waals surface area contributed by atoms with Crippen molar-refractivity contribution < 1.29 is 9.59 Å². The molecule has 146 valence electrons. The third-order valence-electron chi connectivity index (χ3n) is 4.65. The first-order valence-corrected chi connectivity index (χ1v) is 9.33. The summed E-state index contributed by atoms with van der Waals surface area (Å²) in [6.45, 7) is 1.92. The van der Waals surface area contributed by atoms with Crippen LogP contribution in [0.5, 0.6) is 0 Å². The van der Waals surface area contributed by atoms with Gasteiger partial charge in [0.15, 0.2) is 5.82 Å². The molecule has 0 saturated carbocycles. The molecule has 2 aromatic rings. The van der Waals surface area contributed by atoms with Crippen molar-refractivity contribution in [3.05, 3.63) is 47.0 Å². The predicted molar refractivity (Wildman–Crippen MR) is 105 cm³/mol. The van der Waals surface area contributed by atoms with Gasteiger partial charge < -0.3 is 20.1 Å². The smallest absolute Gasteiger partial charge is 0.291 e. The van der Waals surface area contributed by atoms with E-state index in [1.54, 1.807) is 24.3 Å². The molecule has 0 atom stereocenters. The molecule has 3 rings (SSSR count). The minimum Gasteiger partial charge on any atom is -0.349 e. The van der Waals surface area contributed by atoms with Crippen LogP contribution in [0.1, 0.15) is 45.2 Å². The van der Waals surface area contributed by atoms with Crippen LogP contribution in [0.2, 0.25) is 0 Å². The van der Waals surface area contributed by atoms with Crippen LogP contribution in [0.3, 0.4) is 0 Å². The Balaban J connectivity index is 1.80. The molecule has 0 unspecified atom stereocenters. The van der Waals surface area contributed by atoms with E-state index in [1.807, 2.05) is 29.6 Å². The largest absolute Gasteiger partial charge is 0.349 e. The molecule has 2 heterocycles. The van der Waals surface area contributed by atoms with Crippen LogP contribution in [0, 0.1) is 11.3 Å². The van der Waals surface area contributed by atoms with Gasteiger partial charge in [0, 0.05) is 25.3 Å². The molecule has 28 heavy (non-hydrogen) atoms. The highest BCUT2D eigenvalue weighted by atomic mass is 16.2. The van der Waals surface area contributed by atoms with Gasteiger partial charge in [-0.3, -0.25) is 9.59 Å². The molecule has 2 N–H and O–H groups in total. The van der Waals surface area contributed by atoms with Gasteiger partial charge in [-0.2, -0.15) is 5.26 Å². The summed E-state index contributed by atoms with van der Waals surface area (Å²) in [5.74, 6) is -0.359. The number of imidazole rings is 1. The van der Waals surface area contributed by atoms with Gasteiger partial charge in [-0.15, -0.1) is 0 Å². The first-order valence-electron chi connectivity index (χ1n) is 9.33. The highest BCUT2D eigenvalue weighted by molar-refractivity contribution is 6.03. The van der Waals surface area contributed by atoms with E-state index in [2.05, 4.69) is 15.6 Å². The van der Waals surface area contributed by atoms with Crippen LogP contribution in [0.15, 0.2) is 24.3 Å². The van der Waals surface area contributed by atoms with Crippen molar-refractivity contribution in [3.8, 4) is 6.07 Å². The van der Waals surface area contributed by atoms with Gasteiger partial charge in [0.05, 0.1) is 17.3 Å². The molecule has 1 aliphatic heterocycles. The number of rotatable bonds is 6. The lowest BCUT2D eigenvalue weighted by atomic mass is 10.1. The van der Waals surface area contributed by atoms with Gasteiger partial charge in [0.25, 0.3) is 11.8 Å². The molecular weight excluding hydrogens is 356 g/mol. The third-order valence-corrected chi connectivity index (χ3v) is 4.65. The lowest BCUT2D eigenvalue weighted by Gasteiger charge is -2.17. The zero-order chi connectivity index (χ0) is 20.1. The summed E-state index contributed by atoms with van der Waals surface area (Å²) >= 11 is 0. The van der Waals surface area contributed by atoms with E-state index in [9.17, 15) is 9.59 Å². The first kappa shape index (κ1) is 19.6. The molecule has 8 heteroatoms. The maximum atomic E-state index is 12.8. The van der Waals surface area contributed by atoms with Crippen molar-refractivity contribution in [2.75, 3.05) is 32.5 Å². The number of likely N-dealkylation sites (N-methyl/N-ethyl adjacent to an activating group) is 1. The molecule has 1 aliphatic rings. The van der Waals surface area contributed by atoms with Crippen LogP contribution in [0.4, 0.5) is 5.69 Å². The molecule has 0 aliphatic carbocycles. The second-order valence-electron chi connectivity index (χ2n) is 7.04. The predicted octanol–water partition coefficient (Wildman–Crippen LogP) is 1.63. The molecule has 0 spiro atoms. The van der Waals surface area contributed by atoms with Crippen LogP contribution in [-0.2, 0) is 13.0 Å². The lowest BCUT2D eigenvalue weighted by Crippen LogP contribution is -2.32. The average molecular weight is 380 g/mol. The highest BCUT2D eigenvalue weighted by Crippen LogP contribution is 2.22. The number of carbonyl (C=O) groups is 2. The van der Waals surface area contributed by atoms with Crippen molar-refractivity contribution in [2.45, 2.75) is 25.8 Å². The van der Waals surface area contributed by atoms with Crippen molar-refractivity contribution >= 4 is 17.5 Å². The fraction of sp³-hybridized carbons (Fsp3) is 0.400. The number of amides is 2. The van der Waals surface area contributed by atoms with Crippen LogP contribution < -0.4 is 10.6 Å². The van der Waals surface area contributed by atoms with E-state index in [0.29, 0.717) is 30.0 Å². The van der Waals surface area contributed by atoms with E-state index in [4.69, 9.17) is 5.26 Å². The Kier molecular flexibility index (Phi) is 6.06. The van der Waals surface area contributed by atoms with Crippen LogP contribution in [-0.4, -0.2) is 53.5 Å². The van der Waals surface area contributed by atoms with Crippen molar-refractivity contribution in [3.63, 3.8) is 0 Å². The first-order chi connectivity index (χ1) is 13.5. The standard InChI is InChI=1S/C20H24N6O2/c1-25(2)12-10-22-19(27)17-16-5-3-4-11-26(16)18(24-17)20(28)23-15-8-6-14(13-21)7-9-15/h6-9H,3-5,10-12H2,1-2H3,(H,22,27)(H,23,28). The van der Waals surface area contributed by atoms with Crippen molar-refractivity contribution in [1.82, 2.24) is 19.8 Å². The van der Waals surface area contributed by atoms with E-state index in [1.165, 1.54) is 0 Å². The number of fused-ring (bicyclic) bond motifs is 1. The second-order valence-corrected chi connectivity index (χ2v) is 7.04. The van der Waals surface area contributed by atoms with Gasteiger partial charge in [-0.1, -0.05) is 0 Å². The van der Waals surface area contributed by atoms with Crippen molar-refractivity contribution in [1.29, 1.82) is 5.26 Å². The zero-order valence-corrected chi connectivity index (χ0v) is 16.2. The number of aromatic nitrogens is 2. The number of nitrogens with one attached hydrogen (secondary N) is 2. The Hall–Kier alpha value is -3.18. The van der Waals surface area contributed by atoms with E-state index >= 15 is 0 Å². The summed E-state index contributed by atoms with van der Waals surface area (Å²) in [6.07, 6.45) is 2.65. The molecule has 0 fully saturated rings. The molecule has 0 bridgehead atoms. The van der Waals surface area contributed by atoms with Gasteiger partial charge in [-0.25, -0.2) is 4.98 Å². The summed E-state index contributed by atoms with van der Waals surface area (Å²) < 4.78 is 1.85. The normalized spacial score (nSPS) is 12.9. The number of hydrogen-bond acceptors (Lipinski definition) is 5. The van der Waals surface area contributed by atoms with Gasteiger partial charge in [0.1, 0.15) is 5.69 Å². The molecule has 0 radical (unpaired) electrons. The Morgan fingerprint density at radius 1 is 1.21 bits per heavy atom. The Labute approximate surface area is 164 Å². The van der Waals surface area contributed by atoms with Crippen molar-refractivity contribution in [2.24, 2.45) is 0 Å². The Morgan fingerprint density at radius 2 is 1.96 bits per heavy atom. The van der Waals surface area contributed by atoms with E-state index in [-0.39, 0.29) is 17.6 Å². The van der Waals surface area contributed by atoms with E-state index in [0.717, 1.165) is 31.5 Å². The zero-order valence-electron chi connectivity index (χ0n) is 16.2. The Morgan fingerprint density at radius 3 is 2.64 bits per heavy atom. The maximum absolute atomic E-state index is 12.8. The topological polar surface area (TPSA) is 103 Å². The quantitative estimate of drug-likeness (QED) is 0.793. The third kappa shape index (κ3) is 4.38. The second kappa shape index (κ2) is 8.67. The summed E-state index contributed by atoms with van der Waals surface area (Å²) in [5.41, 5.74) is 2.25. The molecule has 1 aromatic heterocycles. The number of anilines is 1. The van der Waals surface area contributed by atoms with Crippen LogP contribution in [0.25, 0.3) is 0 Å². The summed E-state index contributed by atoms with van der Waals surface area (Å²) in [4.78, 5) is 31.8. The van der Waals surface area contributed by atoms with E-state index < -0.39 is 0 Å². The fourth-order valence-electron chi connectivity index (χ4n) is 3.19. The maximum Gasteiger partial charge on any atom is 0.291 e. The summed E-state index contributed by atoms with van der Waals surface area (Å²) in [7, 11) is 3.88. The summed E-state index contributed by atoms with van der Waals surface area (Å²) in [5, 5.41) is 14.6. The molecule has 8 nitrogen and oxygen atoms in total. The van der Waals surface area contributed by atoms with Gasteiger partial charge >= 0.3 is 0 Å². The number of benzene rings is 1. The summed E-state index contributed by atoms with van der Waals surface area (Å²) in [6, 6.07) is 8.67. The lowest BCUT2D eigenvalue weighted by molar-refractivity contribution is 0.0945.